The lowest BCUT2D eigenvalue weighted by Crippen LogP contribution is -2.28. The highest BCUT2D eigenvalue weighted by atomic mass is 32.2. The van der Waals surface area contributed by atoms with Crippen LogP contribution in [0.4, 0.5) is 5.82 Å². The average Bonchev–Trinajstić information content (AvgIpc) is 3.52. The monoisotopic (exact) mass is 432 g/mol. The molecule has 0 unspecified atom stereocenters. The summed E-state index contributed by atoms with van der Waals surface area (Å²) in [5.74, 6) is 2.38. The Kier molecular flexibility index (Phi) is 5.21. The van der Waals surface area contributed by atoms with Gasteiger partial charge in [0.15, 0.2) is 0 Å². The van der Waals surface area contributed by atoms with Gasteiger partial charge in [0, 0.05) is 22.6 Å². The molecule has 0 saturated heterocycles. The van der Waals surface area contributed by atoms with E-state index in [2.05, 4.69) is 15.7 Å². The molecule has 2 aromatic heterocycles. The van der Waals surface area contributed by atoms with Crippen LogP contribution in [-0.4, -0.2) is 21.6 Å². The van der Waals surface area contributed by atoms with Crippen molar-refractivity contribution < 1.29 is 14.0 Å². The molecule has 2 N–H and O–H groups in total. The van der Waals surface area contributed by atoms with Gasteiger partial charge < -0.3 is 15.1 Å². The molecule has 2 amide bonds. The number of amides is 2. The van der Waals surface area contributed by atoms with Gasteiger partial charge in [-0.2, -0.15) is 16.9 Å². The van der Waals surface area contributed by atoms with E-state index in [4.69, 9.17) is 4.42 Å². The zero-order valence-corrected chi connectivity index (χ0v) is 17.4. The lowest BCUT2D eigenvalue weighted by molar-refractivity contribution is -0.122. The third-order valence-electron chi connectivity index (χ3n) is 5.20. The molecule has 2 aromatic carbocycles. The number of furan rings is 1. The Morgan fingerprint density at radius 1 is 1.06 bits per heavy atom. The highest BCUT2D eigenvalue weighted by molar-refractivity contribution is 7.98. The van der Waals surface area contributed by atoms with Crippen molar-refractivity contribution in [3.8, 4) is 0 Å². The second-order valence-electron chi connectivity index (χ2n) is 7.30. The van der Waals surface area contributed by atoms with Crippen LogP contribution in [0.15, 0.2) is 65.3 Å². The minimum atomic E-state index is -0.220. The zero-order valence-electron chi connectivity index (χ0n) is 16.6. The second-order valence-corrected chi connectivity index (χ2v) is 8.28. The summed E-state index contributed by atoms with van der Waals surface area (Å²) in [5.41, 5.74) is 2.46. The largest absolute Gasteiger partial charge is 0.467 e. The minimum Gasteiger partial charge on any atom is -0.467 e. The van der Waals surface area contributed by atoms with Crippen LogP contribution in [0.1, 0.15) is 27.4 Å². The number of benzene rings is 2. The average molecular weight is 433 g/mol. The van der Waals surface area contributed by atoms with E-state index >= 15 is 0 Å². The molecule has 156 valence electrons. The molecule has 5 rings (SSSR count). The Morgan fingerprint density at radius 2 is 1.94 bits per heavy atom. The predicted octanol–water partition coefficient (Wildman–Crippen LogP) is 3.94. The van der Waals surface area contributed by atoms with Gasteiger partial charge in [-0.1, -0.05) is 30.3 Å². The number of hydrogen-bond acceptors (Lipinski definition) is 5. The zero-order chi connectivity index (χ0) is 21.2. The van der Waals surface area contributed by atoms with Crippen LogP contribution in [0.5, 0.6) is 0 Å². The first kappa shape index (κ1) is 19.4. The van der Waals surface area contributed by atoms with E-state index in [-0.39, 0.29) is 18.4 Å². The van der Waals surface area contributed by atoms with Crippen molar-refractivity contribution in [3.05, 3.63) is 83.4 Å². The van der Waals surface area contributed by atoms with Gasteiger partial charge in [0.05, 0.1) is 18.5 Å². The fourth-order valence-corrected chi connectivity index (χ4v) is 4.66. The Morgan fingerprint density at radius 3 is 2.77 bits per heavy atom. The summed E-state index contributed by atoms with van der Waals surface area (Å²) < 4.78 is 6.83. The number of carbonyl (C=O) groups excluding carboxylic acids is 2. The number of rotatable bonds is 6. The maximum Gasteiger partial charge on any atom is 0.256 e. The first-order valence-electron chi connectivity index (χ1n) is 9.93. The first-order chi connectivity index (χ1) is 15.2. The number of anilines is 1. The number of carbonyl (C=O) groups is 2. The number of nitrogens with one attached hydrogen (secondary N) is 2. The number of fused-ring (bicyclic) bond motifs is 2. The molecule has 0 radical (unpaired) electrons. The Hall–Kier alpha value is -3.52. The molecule has 1 aliphatic heterocycles. The van der Waals surface area contributed by atoms with Gasteiger partial charge in [0.25, 0.3) is 5.91 Å². The first-order valence-corrected chi connectivity index (χ1v) is 11.1. The minimum absolute atomic E-state index is 0.0196. The van der Waals surface area contributed by atoms with E-state index < -0.39 is 0 Å². The quantitative estimate of drug-likeness (QED) is 0.482. The molecule has 8 heteroatoms. The second kappa shape index (κ2) is 8.31. The molecular weight excluding hydrogens is 412 g/mol. The van der Waals surface area contributed by atoms with Crippen molar-refractivity contribution >= 4 is 40.2 Å². The summed E-state index contributed by atoms with van der Waals surface area (Å²) in [4.78, 5) is 25.5. The highest BCUT2D eigenvalue weighted by Gasteiger charge is 2.25. The smallest absolute Gasteiger partial charge is 0.256 e. The molecule has 0 saturated carbocycles. The van der Waals surface area contributed by atoms with Crippen molar-refractivity contribution in [2.24, 2.45) is 0 Å². The van der Waals surface area contributed by atoms with Crippen LogP contribution in [0, 0.1) is 0 Å². The Bertz CT molecular complexity index is 1260. The third kappa shape index (κ3) is 4.06. The standard InChI is InChI=1S/C23H20N4O3S/c28-21(24-11-18-6-3-9-30-18)12-27-22(19-13-31-14-20(19)26-27)25-23(29)17-8-7-15-4-1-2-5-16(15)10-17/h1-10H,11-14H2,(H,24,28)(H,25,29). The molecule has 3 heterocycles. The van der Waals surface area contributed by atoms with Crippen LogP contribution in [0.2, 0.25) is 0 Å². The van der Waals surface area contributed by atoms with Gasteiger partial charge >= 0.3 is 0 Å². The summed E-state index contributed by atoms with van der Waals surface area (Å²) in [6, 6.07) is 17.1. The van der Waals surface area contributed by atoms with Gasteiger partial charge in [0.2, 0.25) is 5.91 Å². The molecule has 7 nitrogen and oxygen atoms in total. The topological polar surface area (TPSA) is 89.2 Å². The van der Waals surface area contributed by atoms with E-state index in [1.54, 1.807) is 34.8 Å². The molecule has 0 aliphatic carbocycles. The number of hydrogen-bond donors (Lipinski definition) is 2. The van der Waals surface area contributed by atoms with Crippen molar-refractivity contribution in [1.82, 2.24) is 15.1 Å². The van der Waals surface area contributed by atoms with E-state index in [9.17, 15) is 9.59 Å². The molecule has 1 aliphatic rings. The lowest BCUT2D eigenvalue weighted by atomic mass is 10.1. The molecule has 4 aromatic rings. The number of thioether (sulfide) groups is 1. The summed E-state index contributed by atoms with van der Waals surface area (Å²) in [5, 5.41) is 12.5. The van der Waals surface area contributed by atoms with Crippen LogP contribution in [0.3, 0.4) is 0 Å². The maximum absolute atomic E-state index is 13.0. The molecule has 0 atom stereocenters. The molecule has 0 bridgehead atoms. The van der Waals surface area contributed by atoms with E-state index in [0.717, 1.165) is 33.5 Å². The fraction of sp³-hybridized carbons (Fsp3) is 0.174. The van der Waals surface area contributed by atoms with Gasteiger partial charge in [0.1, 0.15) is 18.1 Å². The van der Waals surface area contributed by atoms with Crippen LogP contribution >= 0.6 is 11.8 Å². The van der Waals surface area contributed by atoms with Crippen LogP contribution in [0.25, 0.3) is 10.8 Å². The number of aromatic nitrogens is 2. The molecule has 0 fully saturated rings. The molecular formula is C23H20N4O3S. The summed E-state index contributed by atoms with van der Waals surface area (Å²) >= 11 is 1.74. The lowest BCUT2D eigenvalue weighted by Gasteiger charge is -2.11. The highest BCUT2D eigenvalue weighted by Crippen LogP contribution is 2.35. The van der Waals surface area contributed by atoms with Gasteiger partial charge in [-0.15, -0.1) is 0 Å². The van der Waals surface area contributed by atoms with Crippen molar-refractivity contribution in [2.45, 2.75) is 24.6 Å². The van der Waals surface area contributed by atoms with Crippen LogP contribution < -0.4 is 10.6 Å². The van der Waals surface area contributed by atoms with Crippen molar-refractivity contribution in [2.75, 3.05) is 5.32 Å². The van der Waals surface area contributed by atoms with Crippen molar-refractivity contribution in [3.63, 3.8) is 0 Å². The summed E-state index contributed by atoms with van der Waals surface area (Å²) in [6.45, 7) is 0.327. The normalized spacial score (nSPS) is 12.6. The van der Waals surface area contributed by atoms with Crippen molar-refractivity contribution in [1.29, 1.82) is 0 Å². The number of nitrogens with zero attached hydrogens (tertiary/aromatic N) is 2. The Labute approximate surface area is 182 Å². The predicted molar refractivity (Wildman–Crippen MR) is 120 cm³/mol. The van der Waals surface area contributed by atoms with Gasteiger partial charge in [-0.3, -0.25) is 9.59 Å². The van der Waals surface area contributed by atoms with E-state index in [1.807, 2.05) is 42.5 Å². The van der Waals surface area contributed by atoms with Gasteiger partial charge in [-0.05, 0) is 35.0 Å². The molecule has 31 heavy (non-hydrogen) atoms. The fourth-order valence-electron chi connectivity index (χ4n) is 3.62. The summed E-state index contributed by atoms with van der Waals surface area (Å²) in [6.07, 6.45) is 1.57. The van der Waals surface area contributed by atoms with E-state index in [0.29, 0.717) is 23.7 Å². The van der Waals surface area contributed by atoms with Crippen LogP contribution in [-0.2, 0) is 29.4 Å². The third-order valence-corrected chi connectivity index (χ3v) is 6.17. The maximum atomic E-state index is 13.0. The summed E-state index contributed by atoms with van der Waals surface area (Å²) in [7, 11) is 0. The molecule has 0 spiro atoms. The van der Waals surface area contributed by atoms with Gasteiger partial charge in [-0.25, -0.2) is 4.68 Å². The SMILES string of the molecule is O=C(Cn1nc2c(c1NC(=O)c1ccc3ccccc3c1)CSC2)NCc1ccco1. The van der Waals surface area contributed by atoms with E-state index in [1.165, 1.54) is 0 Å². The Balaban J connectivity index is 1.35.